The van der Waals surface area contributed by atoms with Crippen molar-refractivity contribution in [3.8, 4) is 28.0 Å². The van der Waals surface area contributed by atoms with Gasteiger partial charge in [-0.3, -0.25) is 0 Å². The van der Waals surface area contributed by atoms with Crippen LogP contribution in [0.2, 0.25) is 10.0 Å². The number of hydrogen-bond donors (Lipinski definition) is 1. The van der Waals surface area contributed by atoms with Crippen LogP contribution in [0.25, 0.3) is 22.3 Å². The molecule has 214 valence electrons. The van der Waals surface area contributed by atoms with Gasteiger partial charge >= 0.3 is 0 Å². The maximum absolute atomic E-state index is 10.8. The van der Waals surface area contributed by atoms with Gasteiger partial charge in [-0.25, -0.2) is 0 Å². The second kappa shape index (κ2) is 11.5. The molecule has 1 N–H and O–H groups in total. The highest BCUT2D eigenvalue weighted by Gasteiger charge is 2.28. The van der Waals surface area contributed by atoms with Gasteiger partial charge in [-0.2, -0.15) is 0 Å². The Balaban J connectivity index is 1.95. The van der Waals surface area contributed by atoms with Gasteiger partial charge in [0.1, 0.15) is 5.75 Å². The van der Waals surface area contributed by atoms with Gasteiger partial charge < -0.3 is 10.0 Å². The van der Waals surface area contributed by atoms with E-state index in [1.165, 1.54) is 17.2 Å². The third-order valence-electron chi connectivity index (χ3n) is 7.60. The maximum atomic E-state index is 10.8. The van der Waals surface area contributed by atoms with E-state index < -0.39 is 0 Å². The van der Waals surface area contributed by atoms with E-state index in [9.17, 15) is 5.11 Å². The smallest absolute Gasteiger partial charge is 0.119 e. The van der Waals surface area contributed by atoms with Crippen LogP contribution in [0.4, 0.5) is 17.1 Å². The molecule has 0 aliphatic carbocycles. The molecule has 0 unspecified atom stereocenters. The van der Waals surface area contributed by atoms with Crippen LogP contribution in [-0.4, -0.2) is 5.11 Å². The van der Waals surface area contributed by atoms with E-state index in [1.54, 1.807) is 6.07 Å². The van der Waals surface area contributed by atoms with E-state index in [0.717, 1.165) is 33.6 Å². The van der Waals surface area contributed by atoms with Gasteiger partial charge in [-0.1, -0.05) is 138 Å². The monoisotopic (exact) mass is 593 g/mol. The molecule has 0 aliphatic heterocycles. The van der Waals surface area contributed by atoms with E-state index in [2.05, 4.69) is 131 Å². The first-order valence-corrected chi connectivity index (χ1v) is 15.0. The molecule has 2 nitrogen and oxygen atoms in total. The zero-order valence-electron chi connectivity index (χ0n) is 25.0. The van der Waals surface area contributed by atoms with E-state index in [4.69, 9.17) is 23.2 Å². The molecule has 0 amide bonds. The van der Waals surface area contributed by atoms with Crippen molar-refractivity contribution < 1.29 is 5.11 Å². The number of nitrogens with zero attached hydrogens (tertiary/aromatic N) is 1. The van der Waals surface area contributed by atoms with Crippen molar-refractivity contribution >= 4 is 40.3 Å². The van der Waals surface area contributed by atoms with Crippen molar-refractivity contribution in [2.75, 3.05) is 4.90 Å². The van der Waals surface area contributed by atoms with Crippen LogP contribution >= 0.6 is 23.2 Å². The van der Waals surface area contributed by atoms with Crippen LogP contribution < -0.4 is 4.90 Å². The molecule has 0 atom stereocenters. The first kappa shape index (κ1) is 29.8. The minimum absolute atomic E-state index is 0.00587. The topological polar surface area (TPSA) is 23.5 Å². The second-order valence-electron chi connectivity index (χ2n) is 12.8. The quantitative estimate of drug-likeness (QED) is 0.219. The standard InChI is InChI=1S/C38H37Cl2NO/c1-37(2,3)27-17-19-29(20-18-27)41(34-24-30(42)23-33(39)35(34)40)36-31(25-13-9-7-10-14-25)21-28(38(4,5)6)22-32(36)26-15-11-8-12-16-26/h7-24,42H,1-6H3. The zero-order valence-corrected chi connectivity index (χ0v) is 26.6. The molecule has 5 rings (SSSR count). The fourth-order valence-electron chi connectivity index (χ4n) is 5.21. The summed E-state index contributed by atoms with van der Waals surface area (Å²) in [5.41, 5.74) is 9.05. The van der Waals surface area contributed by atoms with Gasteiger partial charge in [0.25, 0.3) is 0 Å². The molecule has 5 aromatic rings. The number of anilines is 3. The number of halogens is 2. The summed E-state index contributed by atoms with van der Waals surface area (Å²) in [6.45, 7) is 13.3. The Labute approximate surface area is 260 Å². The number of phenols is 1. The summed E-state index contributed by atoms with van der Waals surface area (Å²) in [4.78, 5) is 2.14. The highest BCUT2D eigenvalue weighted by molar-refractivity contribution is 6.44. The average molecular weight is 595 g/mol. The zero-order chi connectivity index (χ0) is 30.2. The Bertz CT molecular complexity index is 1640. The lowest BCUT2D eigenvalue weighted by molar-refractivity contribution is 0.475. The first-order valence-electron chi connectivity index (χ1n) is 14.2. The third-order valence-corrected chi connectivity index (χ3v) is 8.39. The van der Waals surface area contributed by atoms with Gasteiger partial charge in [-0.05, 0) is 57.3 Å². The molecule has 0 bridgehead atoms. The lowest BCUT2D eigenvalue weighted by Crippen LogP contribution is -2.17. The Morgan fingerprint density at radius 2 is 1.05 bits per heavy atom. The summed E-state index contributed by atoms with van der Waals surface area (Å²) in [5, 5.41) is 11.4. The van der Waals surface area contributed by atoms with Crippen LogP contribution in [0.3, 0.4) is 0 Å². The third kappa shape index (κ3) is 6.07. The molecule has 0 heterocycles. The van der Waals surface area contributed by atoms with Crippen molar-refractivity contribution in [2.24, 2.45) is 0 Å². The van der Waals surface area contributed by atoms with E-state index >= 15 is 0 Å². The fraction of sp³-hybridized carbons (Fsp3) is 0.211. The summed E-state index contributed by atoms with van der Waals surface area (Å²) in [5.74, 6) is 0.0459. The lowest BCUT2D eigenvalue weighted by Gasteiger charge is -2.33. The van der Waals surface area contributed by atoms with Crippen LogP contribution in [0.1, 0.15) is 52.7 Å². The highest BCUT2D eigenvalue weighted by Crippen LogP contribution is 2.51. The summed E-state index contributed by atoms with van der Waals surface area (Å²) in [6.07, 6.45) is 0. The molecule has 5 aromatic carbocycles. The van der Waals surface area contributed by atoms with Gasteiger partial charge in [0, 0.05) is 28.9 Å². The Kier molecular flexibility index (Phi) is 8.16. The van der Waals surface area contributed by atoms with Crippen molar-refractivity contribution in [1.29, 1.82) is 0 Å². The van der Waals surface area contributed by atoms with Crippen LogP contribution in [0.5, 0.6) is 5.75 Å². The molecule has 4 heteroatoms. The molecular formula is C38H37Cl2NO. The highest BCUT2D eigenvalue weighted by atomic mass is 35.5. The first-order chi connectivity index (χ1) is 19.8. The minimum Gasteiger partial charge on any atom is -0.508 e. The Morgan fingerprint density at radius 1 is 0.571 bits per heavy atom. The summed E-state index contributed by atoms with van der Waals surface area (Å²) in [7, 11) is 0. The predicted octanol–water partition coefficient (Wildman–Crippen LogP) is 12.1. The molecule has 0 aromatic heterocycles. The average Bonchev–Trinajstić information content (AvgIpc) is 2.96. The number of benzene rings is 5. The van der Waals surface area contributed by atoms with Crippen molar-refractivity contribution in [1.82, 2.24) is 0 Å². The summed E-state index contributed by atoms with van der Waals surface area (Å²) in [6, 6.07) is 37.2. The number of phenolic OH excluding ortho intramolecular Hbond substituents is 1. The van der Waals surface area contributed by atoms with Crippen LogP contribution in [-0.2, 0) is 10.8 Å². The molecule has 0 fully saturated rings. The van der Waals surface area contributed by atoms with E-state index in [1.807, 2.05) is 12.1 Å². The maximum Gasteiger partial charge on any atom is 0.119 e. The molecule has 0 saturated carbocycles. The molecule has 42 heavy (non-hydrogen) atoms. The fourth-order valence-corrected chi connectivity index (χ4v) is 5.61. The van der Waals surface area contributed by atoms with Gasteiger partial charge in [0.2, 0.25) is 0 Å². The summed E-state index contributed by atoms with van der Waals surface area (Å²) < 4.78 is 0. The van der Waals surface area contributed by atoms with Crippen LogP contribution in [0.15, 0.2) is 109 Å². The summed E-state index contributed by atoms with van der Waals surface area (Å²) >= 11 is 13.6. The van der Waals surface area contributed by atoms with Gasteiger partial charge in [0.15, 0.2) is 0 Å². The van der Waals surface area contributed by atoms with E-state index in [-0.39, 0.29) is 21.6 Å². The van der Waals surface area contributed by atoms with E-state index in [0.29, 0.717) is 10.7 Å². The number of aromatic hydroxyl groups is 1. The Hall–Kier alpha value is -3.72. The van der Waals surface area contributed by atoms with Crippen LogP contribution in [0, 0.1) is 0 Å². The second-order valence-corrected chi connectivity index (χ2v) is 13.6. The van der Waals surface area contributed by atoms with Crippen molar-refractivity contribution in [3.05, 3.63) is 130 Å². The van der Waals surface area contributed by atoms with Gasteiger partial charge in [-0.15, -0.1) is 0 Å². The number of hydrogen-bond acceptors (Lipinski definition) is 2. The van der Waals surface area contributed by atoms with Crippen molar-refractivity contribution in [3.63, 3.8) is 0 Å². The SMILES string of the molecule is CC(C)(C)c1ccc(N(c2cc(O)cc(Cl)c2Cl)c2c(-c3ccccc3)cc(C(C)(C)C)cc2-c2ccccc2)cc1. The number of rotatable bonds is 5. The molecular weight excluding hydrogens is 557 g/mol. The van der Waals surface area contributed by atoms with Crippen molar-refractivity contribution in [2.45, 2.75) is 52.4 Å². The molecule has 0 aliphatic rings. The Morgan fingerprint density at radius 3 is 1.50 bits per heavy atom. The minimum atomic E-state index is -0.100. The lowest BCUT2D eigenvalue weighted by atomic mass is 9.82. The molecule has 0 spiro atoms. The molecule has 0 saturated heterocycles. The normalized spacial score (nSPS) is 11.9. The van der Waals surface area contributed by atoms with Gasteiger partial charge in [0.05, 0.1) is 21.4 Å². The molecule has 0 radical (unpaired) electrons. The largest absolute Gasteiger partial charge is 0.508 e. The predicted molar refractivity (Wildman–Crippen MR) is 181 cm³/mol.